The molecule has 0 rings (SSSR count). The van der Waals surface area contributed by atoms with E-state index in [1.54, 1.807) is 0 Å². The van der Waals surface area contributed by atoms with Crippen molar-refractivity contribution in [3.63, 3.8) is 0 Å². The molecule has 0 aromatic rings. The number of imide groups is 1. The van der Waals surface area contributed by atoms with Crippen molar-refractivity contribution in [2.24, 2.45) is 0 Å². The number of hydrogen-bond donors (Lipinski definition) is 0. The zero-order chi connectivity index (χ0) is 12.1. The second-order valence-electron chi connectivity index (χ2n) is 4.43. The molecule has 0 fully saturated rings. The van der Waals surface area contributed by atoms with E-state index < -0.39 is 0 Å². The second-order valence-corrected chi connectivity index (χ2v) is 4.43. The smallest absolute Gasteiger partial charge is 0.226 e. The maximum absolute atomic E-state index is 11.0. The topological polar surface area (TPSA) is 37.4 Å². The van der Waals surface area contributed by atoms with Gasteiger partial charge in [0, 0.05) is 13.8 Å². The minimum absolute atomic E-state index is 0.185. The van der Waals surface area contributed by atoms with Crippen LogP contribution >= 0.6 is 0 Å². The van der Waals surface area contributed by atoms with Gasteiger partial charge in [-0.15, -0.1) is 0 Å². The van der Waals surface area contributed by atoms with Gasteiger partial charge >= 0.3 is 0 Å². The van der Waals surface area contributed by atoms with Crippen LogP contribution in [0.1, 0.15) is 13.8 Å². The van der Waals surface area contributed by atoms with Crippen molar-refractivity contribution in [3.8, 4) is 11.8 Å². The number of rotatable bonds is 2. The van der Waals surface area contributed by atoms with Crippen LogP contribution < -0.4 is 0 Å². The number of quaternary nitrogens is 1. The van der Waals surface area contributed by atoms with Crippen LogP contribution in [0.4, 0.5) is 0 Å². The summed E-state index contributed by atoms with van der Waals surface area (Å²) in [7, 11) is 6.09. The van der Waals surface area contributed by atoms with E-state index in [9.17, 15) is 9.59 Å². The lowest BCUT2D eigenvalue weighted by Gasteiger charge is -2.20. The molecule has 0 radical (unpaired) electrons. The Bertz CT molecular complexity index is 291. The van der Waals surface area contributed by atoms with Crippen molar-refractivity contribution in [3.05, 3.63) is 0 Å². The average Bonchev–Trinajstić information content (AvgIpc) is 2.00. The van der Waals surface area contributed by atoms with E-state index >= 15 is 0 Å². The van der Waals surface area contributed by atoms with Crippen molar-refractivity contribution in [1.29, 1.82) is 0 Å². The number of carbonyl (C=O) groups is 2. The zero-order valence-corrected chi connectivity index (χ0v) is 10.1. The van der Waals surface area contributed by atoms with Crippen molar-refractivity contribution in [2.45, 2.75) is 13.8 Å². The van der Waals surface area contributed by atoms with Crippen LogP contribution in [0.2, 0.25) is 0 Å². The summed E-state index contributed by atoms with van der Waals surface area (Å²) in [6.45, 7) is 3.61. The summed E-state index contributed by atoms with van der Waals surface area (Å²) in [5, 5.41) is 0. The first-order chi connectivity index (χ1) is 6.74. The molecule has 15 heavy (non-hydrogen) atoms. The number of amides is 2. The highest BCUT2D eigenvalue weighted by molar-refractivity contribution is 5.93. The largest absolute Gasteiger partial charge is 0.321 e. The van der Waals surface area contributed by atoms with Gasteiger partial charge in [-0.05, 0) is 5.92 Å². The summed E-state index contributed by atoms with van der Waals surface area (Å²) in [5.74, 6) is 5.24. The molecular formula is C11H19N2O2+. The van der Waals surface area contributed by atoms with E-state index in [0.29, 0.717) is 6.54 Å². The molecule has 0 heterocycles. The molecule has 0 aromatic carbocycles. The molecule has 0 aliphatic carbocycles. The highest BCUT2D eigenvalue weighted by Crippen LogP contribution is 1.90. The van der Waals surface area contributed by atoms with Crippen LogP contribution in [0.15, 0.2) is 0 Å². The molecule has 0 unspecified atom stereocenters. The zero-order valence-electron chi connectivity index (χ0n) is 10.1. The Labute approximate surface area is 91.4 Å². The highest BCUT2D eigenvalue weighted by atomic mass is 16.2. The lowest BCUT2D eigenvalue weighted by Crippen LogP contribution is -2.35. The van der Waals surface area contributed by atoms with E-state index in [4.69, 9.17) is 0 Å². The molecule has 0 aliphatic heterocycles. The van der Waals surface area contributed by atoms with Gasteiger partial charge < -0.3 is 4.48 Å². The summed E-state index contributed by atoms with van der Waals surface area (Å²) in [5.41, 5.74) is 0. The normalized spacial score (nSPS) is 10.2. The van der Waals surface area contributed by atoms with Gasteiger partial charge in [-0.25, -0.2) is 0 Å². The van der Waals surface area contributed by atoms with Crippen molar-refractivity contribution in [2.75, 3.05) is 34.2 Å². The van der Waals surface area contributed by atoms with Gasteiger partial charge in [0.25, 0.3) is 0 Å². The minimum Gasteiger partial charge on any atom is -0.321 e. The van der Waals surface area contributed by atoms with E-state index in [1.165, 1.54) is 13.8 Å². The van der Waals surface area contributed by atoms with Crippen molar-refractivity contribution in [1.82, 2.24) is 4.90 Å². The van der Waals surface area contributed by atoms with Crippen LogP contribution in [0, 0.1) is 11.8 Å². The van der Waals surface area contributed by atoms with Crippen LogP contribution in [-0.4, -0.2) is 55.4 Å². The fourth-order valence-electron chi connectivity index (χ4n) is 0.872. The Morgan fingerprint density at radius 2 is 1.53 bits per heavy atom. The summed E-state index contributed by atoms with van der Waals surface area (Å²) >= 11 is 0. The number of carbonyl (C=O) groups excluding carboxylic acids is 2. The Morgan fingerprint density at radius 3 is 1.87 bits per heavy atom. The van der Waals surface area contributed by atoms with Gasteiger partial charge in [-0.1, -0.05) is 5.92 Å². The van der Waals surface area contributed by atoms with Crippen LogP contribution in [-0.2, 0) is 9.59 Å². The predicted molar refractivity (Wildman–Crippen MR) is 58.7 cm³/mol. The lowest BCUT2D eigenvalue weighted by molar-refractivity contribution is -0.862. The molecule has 0 aliphatic rings. The van der Waals surface area contributed by atoms with Crippen LogP contribution in [0.25, 0.3) is 0 Å². The van der Waals surface area contributed by atoms with Gasteiger partial charge in [0.15, 0.2) is 0 Å². The van der Waals surface area contributed by atoms with E-state index in [2.05, 4.69) is 11.8 Å². The van der Waals surface area contributed by atoms with Crippen LogP contribution in [0.3, 0.4) is 0 Å². The highest BCUT2D eigenvalue weighted by Gasteiger charge is 2.11. The van der Waals surface area contributed by atoms with Crippen molar-refractivity contribution >= 4 is 11.8 Å². The maximum atomic E-state index is 11.0. The summed E-state index contributed by atoms with van der Waals surface area (Å²) in [4.78, 5) is 23.1. The monoisotopic (exact) mass is 211 g/mol. The molecule has 0 saturated heterocycles. The SMILES string of the molecule is CC(=O)N(CC#CC[N+](C)(C)C)C(C)=O. The van der Waals surface area contributed by atoms with Gasteiger partial charge in [0.05, 0.1) is 27.7 Å². The number of hydrogen-bond acceptors (Lipinski definition) is 2. The third-order valence-electron chi connectivity index (χ3n) is 1.68. The molecule has 0 aromatic heterocycles. The quantitative estimate of drug-likeness (QED) is 0.479. The van der Waals surface area contributed by atoms with Crippen LogP contribution in [0.5, 0.6) is 0 Å². The lowest BCUT2D eigenvalue weighted by atomic mass is 10.4. The first-order valence-corrected chi connectivity index (χ1v) is 4.79. The average molecular weight is 211 g/mol. The molecule has 0 bridgehead atoms. The summed E-state index contributed by atoms with van der Waals surface area (Å²) in [6.07, 6.45) is 0. The maximum Gasteiger partial charge on any atom is 0.226 e. The fourth-order valence-corrected chi connectivity index (χ4v) is 0.872. The molecule has 0 saturated carbocycles. The molecule has 0 N–H and O–H groups in total. The Hall–Kier alpha value is -1.34. The Morgan fingerprint density at radius 1 is 1.07 bits per heavy atom. The Balaban J connectivity index is 4.23. The molecule has 0 atom stereocenters. The molecule has 4 nitrogen and oxygen atoms in total. The van der Waals surface area contributed by atoms with Gasteiger partial charge in [0.2, 0.25) is 11.8 Å². The van der Waals surface area contributed by atoms with Gasteiger partial charge in [-0.2, -0.15) is 0 Å². The molecule has 4 heteroatoms. The molecular weight excluding hydrogens is 192 g/mol. The summed E-state index contributed by atoms with van der Waals surface area (Å²) in [6, 6.07) is 0. The number of nitrogens with zero attached hydrogens (tertiary/aromatic N) is 2. The fraction of sp³-hybridized carbons (Fsp3) is 0.636. The molecule has 84 valence electrons. The van der Waals surface area contributed by atoms with Gasteiger partial charge in [0.1, 0.15) is 6.54 Å². The standard InChI is InChI=1S/C11H19N2O2/c1-10(14)12(11(2)15)8-6-7-9-13(3,4)5/h8-9H2,1-5H3/q+1. The minimum atomic E-state index is -0.262. The third kappa shape index (κ3) is 6.69. The van der Waals surface area contributed by atoms with E-state index in [0.717, 1.165) is 9.38 Å². The third-order valence-corrected chi connectivity index (χ3v) is 1.68. The molecule has 0 spiro atoms. The van der Waals surface area contributed by atoms with E-state index in [-0.39, 0.29) is 18.4 Å². The summed E-state index contributed by atoms with van der Waals surface area (Å²) < 4.78 is 0.743. The van der Waals surface area contributed by atoms with E-state index in [1.807, 2.05) is 21.1 Å². The van der Waals surface area contributed by atoms with Gasteiger partial charge in [-0.3, -0.25) is 14.5 Å². The predicted octanol–water partition coefficient (Wildman–Crippen LogP) is 0.0910. The van der Waals surface area contributed by atoms with Crippen molar-refractivity contribution < 1.29 is 14.1 Å². The second kappa shape index (κ2) is 5.52. The Kier molecular flexibility index (Phi) is 5.03. The first-order valence-electron chi connectivity index (χ1n) is 4.79. The molecule has 2 amide bonds. The first kappa shape index (κ1) is 13.7.